The Morgan fingerprint density at radius 2 is 2.00 bits per heavy atom. The molecule has 0 fully saturated rings. The molecular weight excluding hydrogens is 276 g/mol. The van der Waals surface area contributed by atoms with Crippen LogP contribution in [0.25, 0.3) is 11.2 Å². The Bertz CT molecular complexity index is 793. The van der Waals surface area contributed by atoms with Crippen LogP contribution < -0.4 is 11.2 Å². The molecule has 5 heteroatoms. The fourth-order valence-electron chi connectivity index (χ4n) is 2.40. The number of nitrogens with zero attached hydrogens (tertiary/aromatic N) is 2. The van der Waals surface area contributed by atoms with Gasteiger partial charge >= 0.3 is 0 Å². The molecule has 3 N–H and O–H groups in total. The quantitative estimate of drug-likeness (QED) is 0.560. The smallest absolute Gasteiger partial charge is 0.142 e. The first-order valence-corrected chi connectivity index (χ1v) is 7.06. The van der Waals surface area contributed by atoms with Gasteiger partial charge in [0.25, 0.3) is 0 Å². The van der Waals surface area contributed by atoms with Crippen molar-refractivity contribution in [1.29, 1.82) is 0 Å². The molecule has 2 heterocycles. The van der Waals surface area contributed by atoms with Crippen LogP contribution in [0.3, 0.4) is 0 Å². The summed E-state index contributed by atoms with van der Waals surface area (Å²) in [5.41, 5.74) is 12.6. The number of imidazole rings is 1. The van der Waals surface area contributed by atoms with Crippen LogP contribution in [-0.4, -0.2) is 23.0 Å². The molecule has 1 aromatic carbocycles. The number of hydroxylamine groups is 1. The van der Waals surface area contributed by atoms with Crippen LogP contribution in [0.15, 0.2) is 60.9 Å². The highest BCUT2D eigenvalue weighted by Crippen LogP contribution is 2.24. The first-order valence-electron chi connectivity index (χ1n) is 7.06. The molecule has 5 nitrogen and oxygen atoms in total. The van der Waals surface area contributed by atoms with E-state index in [4.69, 9.17) is 10.6 Å². The van der Waals surface area contributed by atoms with Crippen molar-refractivity contribution < 1.29 is 4.84 Å². The average molecular weight is 294 g/mol. The molecule has 112 valence electrons. The van der Waals surface area contributed by atoms with Crippen molar-refractivity contribution in [3.8, 4) is 0 Å². The monoisotopic (exact) mass is 294 g/mol. The third kappa shape index (κ3) is 3.00. The van der Waals surface area contributed by atoms with Gasteiger partial charge in [-0.25, -0.2) is 10.5 Å². The standard InChI is InChI=1S/C17H18N4O/c1-19-22-10-9-15(13-5-3-2-4-6-13)14-7-8-17-20-16(18)12-21(17)11-14/h2-9,11-12,19H,10,18H2,1H3/b15-9+. The van der Waals surface area contributed by atoms with Crippen LogP contribution in [-0.2, 0) is 4.84 Å². The van der Waals surface area contributed by atoms with Gasteiger partial charge in [0.2, 0.25) is 0 Å². The van der Waals surface area contributed by atoms with Crippen molar-refractivity contribution in [2.45, 2.75) is 0 Å². The maximum Gasteiger partial charge on any atom is 0.142 e. The molecule has 0 aliphatic carbocycles. The molecule has 0 amide bonds. The summed E-state index contributed by atoms with van der Waals surface area (Å²) < 4.78 is 1.93. The van der Waals surface area contributed by atoms with Crippen LogP contribution in [0, 0.1) is 0 Å². The van der Waals surface area contributed by atoms with Gasteiger partial charge < -0.3 is 10.1 Å². The van der Waals surface area contributed by atoms with Crippen molar-refractivity contribution in [3.63, 3.8) is 0 Å². The van der Waals surface area contributed by atoms with Crippen molar-refractivity contribution in [1.82, 2.24) is 14.9 Å². The van der Waals surface area contributed by atoms with E-state index in [0.717, 1.165) is 22.3 Å². The third-order valence-corrected chi connectivity index (χ3v) is 3.38. The molecule has 0 bridgehead atoms. The molecule has 22 heavy (non-hydrogen) atoms. The number of rotatable bonds is 5. The molecule has 0 aliphatic rings. The minimum atomic E-state index is 0.477. The molecule has 0 aliphatic heterocycles. The van der Waals surface area contributed by atoms with E-state index in [1.165, 1.54) is 0 Å². The zero-order chi connectivity index (χ0) is 15.4. The van der Waals surface area contributed by atoms with Gasteiger partial charge in [-0.1, -0.05) is 30.3 Å². The molecular formula is C17H18N4O. The van der Waals surface area contributed by atoms with E-state index in [1.807, 2.05) is 53.2 Å². The first-order chi connectivity index (χ1) is 10.8. The van der Waals surface area contributed by atoms with Gasteiger partial charge in [-0.15, -0.1) is 0 Å². The number of benzene rings is 1. The first kappa shape index (κ1) is 14.3. The Kier molecular flexibility index (Phi) is 4.18. The third-order valence-electron chi connectivity index (χ3n) is 3.38. The molecule has 3 rings (SSSR count). The van der Waals surface area contributed by atoms with E-state index in [9.17, 15) is 0 Å². The van der Waals surface area contributed by atoms with Crippen LogP contribution in [0.5, 0.6) is 0 Å². The predicted molar refractivity (Wildman–Crippen MR) is 88.1 cm³/mol. The number of hydrogen-bond donors (Lipinski definition) is 2. The fourth-order valence-corrected chi connectivity index (χ4v) is 2.40. The van der Waals surface area contributed by atoms with E-state index in [-0.39, 0.29) is 0 Å². The summed E-state index contributed by atoms with van der Waals surface area (Å²) in [4.78, 5) is 9.48. The lowest BCUT2D eigenvalue weighted by Crippen LogP contribution is -2.07. The second-order valence-electron chi connectivity index (χ2n) is 4.85. The molecule has 2 aromatic heterocycles. The lowest BCUT2D eigenvalue weighted by molar-refractivity contribution is 0.0813. The Morgan fingerprint density at radius 1 is 1.18 bits per heavy atom. The van der Waals surface area contributed by atoms with Gasteiger partial charge in [0.15, 0.2) is 0 Å². The molecule has 0 saturated carbocycles. The summed E-state index contributed by atoms with van der Waals surface area (Å²) in [6.07, 6.45) is 5.88. The summed E-state index contributed by atoms with van der Waals surface area (Å²) in [6, 6.07) is 14.2. The molecule has 0 unspecified atom stereocenters. The SMILES string of the molecule is CNOC/C=C(\c1ccccc1)c1ccc2nc(N)cn2c1. The summed E-state index contributed by atoms with van der Waals surface area (Å²) >= 11 is 0. The molecule has 0 saturated heterocycles. The minimum absolute atomic E-state index is 0.477. The molecule has 3 aromatic rings. The number of anilines is 1. The molecule has 0 atom stereocenters. The van der Waals surface area contributed by atoms with Crippen LogP contribution >= 0.6 is 0 Å². The zero-order valence-electron chi connectivity index (χ0n) is 12.4. The Morgan fingerprint density at radius 3 is 2.77 bits per heavy atom. The van der Waals surface area contributed by atoms with Crippen LogP contribution in [0.2, 0.25) is 0 Å². The normalized spacial score (nSPS) is 12.0. The van der Waals surface area contributed by atoms with Crippen molar-refractivity contribution in [2.75, 3.05) is 19.4 Å². The van der Waals surface area contributed by atoms with Gasteiger partial charge in [0.05, 0.1) is 12.8 Å². The number of aromatic nitrogens is 2. The molecule has 0 spiro atoms. The van der Waals surface area contributed by atoms with Crippen molar-refractivity contribution in [3.05, 3.63) is 72.1 Å². The van der Waals surface area contributed by atoms with Gasteiger partial charge in [-0.2, -0.15) is 0 Å². The fraction of sp³-hybridized carbons (Fsp3) is 0.118. The predicted octanol–water partition coefficient (Wildman–Crippen LogP) is 2.50. The van der Waals surface area contributed by atoms with Gasteiger partial charge in [0, 0.05) is 13.2 Å². The number of fused-ring (bicyclic) bond motifs is 1. The van der Waals surface area contributed by atoms with E-state index in [2.05, 4.69) is 22.6 Å². The second kappa shape index (κ2) is 6.43. The zero-order valence-corrected chi connectivity index (χ0v) is 12.4. The Hall–Kier alpha value is -2.63. The number of nitrogens with two attached hydrogens (primary N) is 1. The summed E-state index contributed by atoms with van der Waals surface area (Å²) in [6.45, 7) is 0.477. The maximum absolute atomic E-state index is 5.75. The number of hydrogen-bond acceptors (Lipinski definition) is 4. The van der Waals surface area contributed by atoms with Gasteiger partial charge in [0.1, 0.15) is 11.5 Å². The van der Waals surface area contributed by atoms with Crippen LogP contribution in [0.4, 0.5) is 5.82 Å². The lowest BCUT2D eigenvalue weighted by Gasteiger charge is -2.09. The highest BCUT2D eigenvalue weighted by Gasteiger charge is 2.07. The summed E-state index contributed by atoms with van der Waals surface area (Å²) in [5.74, 6) is 0.515. The van der Waals surface area contributed by atoms with E-state index in [1.54, 1.807) is 7.05 Å². The van der Waals surface area contributed by atoms with Gasteiger partial charge in [-0.05, 0) is 34.9 Å². The highest BCUT2D eigenvalue weighted by atomic mass is 16.6. The lowest BCUT2D eigenvalue weighted by atomic mass is 9.99. The summed E-state index contributed by atoms with van der Waals surface area (Å²) in [5, 5.41) is 0. The topological polar surface area (TPSA) is 64.6 Å². The molecule has 0 radical (unpaired) electrons. The number of nitrogen functional groups attached to an aromatic ring is 1. The summed E-state index contributed by atoms with van der Waals surface area (Å²) in [7, 11) is 1.75. The van der Waals surface area contributed by atoms with E-state index < -0.39 is 0 Å². The average Bonchev–Trinajstić information content (AvgIpc) is 2.91. The van der Waals surface area contributed by atoms with Crippen molar-refractivity contribution in [2.24, 2.45) is 0 Å². The minimum Gasteiger partial charge on any atom is -0.382 e. The number of pyridine rings is 1. The van der Waals surface area contributed by atoms with E-state index in [0.29, 0.717) is 12.4 Å². The highest BCUT2D eigenvalue weighted by molar-refractivity contribution is 5.80. The van der Waals surface area contributed by atoms with Gasteiger partial charge in [-0.3, -0.25) is 4.84 Å². The van der Waals surface area contributed by atoms with E-state index >= 15 is 0 Å². The number of nitrogens with one attached hydrogen (secondary N) is 1. The van der Waals surface area contributed by atoms with Crippen LogP contribution in [0.1, 0.15) is 11.1 Å². The maximum atomic E-state index is 5.75. The Labute approximate surface area is 129 Å². The second-order valence-corrected chi connectivity index (χ2v) is 4.85. The van der Waals surface area contributed by atoms with Crippen molar-refractivity contribution >= 4 is 17.0 Å². The largest absolute Gasteiger partial charge is 0.382 e. The Balaban J connectivity index is 2.04.